The quantitative estimate of drug-likeness (QED) is 0.413. The third-order valence-electron chi connectivity index (χ3n) is 6.13. The van der Waals surface area contributed by atoms with Crippen LogP contribution in [0.5, 0.6) is 0 Å². The lowest BCUT2D eigenvalue weighted by molar-refractivity contribution is 0.352. The number of tetrazole rings is 1. The summed E-state index contributed by atoms with van der Waals surface area (Å²) >= 11 is 1.50. The molecular weight excluding hydrogens is 454 g/mol. The van der Waals surface area contributed by atoms with Crippen LogP contribution in [0.3, 0.4) is 0 Å². The molecule has 2 atom stereocenters. The fraction of sp³-hybridized carbons (Fsp3) is 0.455. The van der Waals surface area contributed by atoms with Gasteiger partial charge in [-0.1, -0.05) is 43.8 Å². The van der Waals surface area contributed by atoms with Gasteiger partial charge in [0, 0.05) is 32.4 Å². The minimum Gasteiger partial charge on any atom is -0.342 e. The molecule has 4 aromatic rings. The van der Waals surface area contributed by atoms with Crippen molar-refractivity contribution in [2.45, 2.75) is 32.0 Å². The molecule has 12 heteroatoms. The summed E-state index contributed by atoms with van der Waals surface area (Å²) in [6.45, 7) is 6.70. The zero-order valence-corrected chi connectivity index (χ0v) is 20.2. The molecular formula is C22H27N9O2S. The van der Waals surface area contributed by atoms with Gasteiger partial charge in [-0.2, -0.15) is 9.67 Å². The van der Waals surface area contributed by atoms with E-state index in [1.807, 2.05) is 34.9 Å². The first-order chi connectivity index (χ1) is 16.4. The maximum atomic E-state index is 12.8. The van der Waals surface area contributed by atoms with Gasteiger partial charge in [-0.05, 0) is 40.8 Å². The molecule has 0 unspecified atom stereocenters. The predicted molar refractivity (Wildman–Crippen MR) is 131 cm³/mol. The monoisotopic (exact) mass is 481 g/mol. The molecule has 1 aromatic carbocycles. The molecule has 1 aliphatic heterocycles. The number of piperidine rings is 1. The number of anilines is 1. The summed E-state index contributed by atoms with van der Waals surface area (Å²) in [5, 5.41) is 12.8. The van der Waals surface area contributed by atoms with Crippen LogP contribution < -0.4 is 16.1 Å². The van der Waals surface area contributed by atoms with Gasteiger partial charge in [0.1, 0.15) is 0 Å². The first-order valence-corrected chi connectivity index (χ1v) is 12.3. The van der Waals surface area contributed by atoms with Crippen molar-refractivity contribution in [3.8, 4) is 5.69 Å². The molecule has 3 aromatic heterocycles. The third kappa shape index (κ3) is 4.13. The summed E-state index contributed by atoms with van der Waals surface area (Å²) in [4.78, 5) is 34.5. The van der Waals surface area contributed by atoms with Gasteiger partial charge in [0.05, 0.1) is 5.69 Å². The first-order valence-electron chi connectivity index (χ1n) is 11.3. The van der Waals surface area contributed by atoms with Crippen molar-refractivity contribution in [3.05, 3.63) is 51.2 Å². The summed E-state index contributed by atoms with van der Waals surface area (Å²) in [6.07, 6.45) is 1.16. The van der Waals surface area contributed by atoms with Gasteiger partial charge >= 0.3 is 5.69 Å². The zero-order chi connectivity index (χ0) is 23.8. The highest BCUT2D eigenvalue weighted by atomic mass is 32.2. The van der Waals surface area contributed by atoms with Gasteiger partial charge in [-0.3, -0.25) is 14.3 Å². The van der Waals surface area contributed by atoms with Gasteiger partial charge in [0.25, 0.3) is 5.56 Å². The number of imidazole rings is 1. The molecule has 0 radical (unpaired) electrons. The average Bonchev–Trinajstić information content (AvgIpc) is 3.43. The van der Waals surface area contributed by atoms with Crippen LogP contribution in [0.15, 0.2) is 45.1 Å². The normalized spacial score (nSPS) is 18.6. The van der Waals surface area contributed by atoms with Crippen molar-refractivity contribution in [2.75, 3.05) is 23.7 Å². The van der Waals surface area contributed by atoms with Crippen molar-refractivity contribution in [1.82, 2.24) is 39.3 Å². The van der Waals surface area contributed by atoms with E-state index in [1.165, 1.54) is 16.3 Å². The molecule has 1 saturated heterocycles. The second-order valence-corrected chi connectivity index (χ2v) is 10.0. The van der Waals surface area contributed by atoms with E-state index in [0.717, 1.165) is 31.1 Å². The molecule has 0 saturated carbocycles. The van der Waals surface area contributed by atoms with Crippen molar-refractivity contribution in [3.63, 3.8) is 0 Å². The van der Waals surface area contributed by atoms with Crippen LogP contribution in [0.1, 0.15) is 20.3 Å². The van der Waals surface area contributed by atoms with E-state index in [-0.39, 0.29) is 0 Å². The first kappa shape index (κ1) is 22.4. The maximum absolute atomic E-state index is 12.8. The molecule has 0 bridgehead atoms. The summed E-state index contributed by atoms with van der Waals surface area (Å²) in [5.74, 6) is 2.38. The number of aryl methyl sites for hydroxylation is 2. The summed E-state index contributed by atoms with van der Waals surface area (Å²) in [7, 11) is 1.63. The molecule has 4 heterocycles. The number of hydrogen-bond acceptors (Lipinski definition) is 8. The SMILES string of the molecule is C[C@H]1C[C@H](C)CN(c2nc3c(c(=O)[nH]c(=O)n3C)n2CCSc2nnnn2-c2ccccc2)C1. The summed E-state index contributed by atoms with van der Waals surface area (Å²) in [5.41, 5.74) is 0.797. The standard InChI is InChI=1S/C22H27N9O2S/c1-14-11-15(2)13-29(12-14)20-23-18-17(19(32)24-21(33)28(18)3)30(20)9-10-34-22-25-26-27-31(22)16-7-5-4-6-8-16/h4-8,14-15H,9-13H2,1-3H3,(H,24,32,33)/t14-,15-/m0/s1. The van der Waals surface area contributed by atoms with Crippen LogP contribution in [-0.2, 0) is 13.6 Å². The topological polar surface area (TPSA) is 120 Å². The molecule has 11 nitrogen and oxygen atoms in total. The van der Waals surface area contributed by atoms with E-state index in [0.29, 0.717) is 40.5 Å². The molecule has 0 amide bonds. The molecule has 178 valence electrons. The van der Waals surface area contributed by atoms with Crippen molar-refractivity contribution >= 4 is 28.9 Å². The number of rotatable bonds is 6. The van der Waals surface area contributed by atoms with Crippen LogP contribution in [0, 0.1) is 11.8 Å². The number of hydrogen-bond donors (Lipinski definition) is 1. The van der Waals surface area contributed by atoms with Crippen LogP contribution in [0.4, 0.5) is 5.95 Å². The zero-order valence-electron chi connectivity index (χ0n) is 19.4. The lowest BCUT2D eigenvalue weighted by Crippen LogP contribution is -2.40. The summed E-state index contributed by atoms with van der Waals surface area (Å²) in [6, 6.07) is 9.71. The van der Waals surface area contributed by atoms with E-state index in [2.05, 4.69) is 39.3 Å². The Bertz CT molecular complexity index is 1410. The van der Waals surface area contributed by atoms with Gasteiger partial charge in [-0.15, -0.1) is 5.10 Å². The Morgan fingerprint density at radius 3 is 2.59 bits per heavy atom. The minimum absolute atomic E-state index is 0.397. The van der Waals surface area contributed by atoms with Gasteiger partial charge < -0.3 is 9.47 Å². The minimum atomic E-state index is -0.467. The second kappa shape index (κ2) is 9.09. The Balaban J connectivity index is 1.48. The lowest BCUT2D eigenvalue weighted by atomic mass is 9.92. The number of nitrogens with zero attached hydrogens (tertiary/aromatic N) is 8. The number of aromatic amines is 1. The van der Waals surface area contributed by atoms with E-state index >= 15 is 0 Å². The Kier molecular flexibility index (Phi) is 5.98. The number of nitrogens with one attached hydrogen (secondary N) is 1. The second-order valence-electron chi connectivity index (χ2n) is 8.96. The Morgan fingerprint density at radius 1 is 1.12 bits per heavy atom. The number of benzene rings is 1. The van der Waals surface area contributed by atoms with Gasteiger partial charge in [0.2, 0.25) is 11.1 Å². The smallest absolute Gasteiger partial charge is 0.329 e. The molecule has 0 spiro atoms. The lowest BCUT2D eigenvalue weighted by Gasteiger charge is -2.35. The van der Waals surface area contributed by atoms with Crippen LogP contribution in [-0.4, -0.2) is 58.2 Å². The fourth-order valence-corrected chi connectivity index (χ4v) is 5.55. The van der Waals surface area contributed by atoms with E-state index in [1.54, 1.807) is 11.7 Å². The van der Waals surface area contributed by atoms with Crippen molar-refractivity contribution in [1.29, 1.82) is 0 Å². The molecule has 1 aliphatic rings. The van der Waals surface area contributed by atoms with E-state index in [9.17, 15) is 9.59 Å². The number of aromatic nitrogens is 8. The Labute approximate surface area is 199 Å². The van der Waals surface area contributed by atoms with Gasteiger partial charge in [-0.25, -0.2) is 4.79 Å². The van der Waals surface area contributed by atoms with Crippen LogP contribution >= 0.6 is 11.8 Å². The molecule has 0 aliphatic carbocycles. The van der Waals surface area contributed by atoms with Crippen molar-refractivity contribution < 1.29 is 0 Å². The largest absolute Gasteiger partial charge is 0.342 e. The molecule has 34 heavy (non-hydrogen) atoms. The highest BCUT2D eigenvalue weighted by molar-refractivity contribution is 7.99. The number of thioether (sulfide) groups is 1. The maximum Gasteiger partial charge on any atom is 0.329 e. The average molecular weight is 482 g/mol. The molecule has 1 N–H and O–H groups in total. The molecule has 5 rings (SSSR count). The van der Waals surface area contributed by atoms with Crippen molar-refractivity contribution in [2.24, 2.45) is 18.9 Å². The summed E-state index contributed by atoms with van der Waals surface area (Å²) < 4.78 is 5.03. The van der Waals surface area contributed by atoms with Gasteiger partial charge in [0.15, 0.2) is 11.2 Å². The van der Waals surface area contributed by atoms with E-state index < -0.39 is 11.2 Å². The fourth-order valence-electron chi connectivity index (χ4n) is 4.73. The number of fused-ring (bicyclic) bond motifs is 1. The number of para-hydroxylation sites is 1. The highest BCUT2D eigenvalue weighted by Crippen LogP contribution is 2.28. The third-order valence-corrected chi connectivity index (χ3v) is 7.03. The molecule has 1 fully saturated rings. The number of H-pyrrole nitrogens is 1. The van der Waals surface area contributed by atoms with Crippen LogP contribution in [0.2, 0.25) is 0 Å². The predicted octanol–water partition coefficient (Wildman–Crippen LogP) is 1.67. The highest BCUT2D eigenvalue weighted by Gasteiger charge is 2.27. The van der Waals surface area contributed by atoms with Crippen LogP contribution in [0.25, 0.3) is 16.9 Å². The Hall–Kier alpha value is -3.41. The Morgan fingerprint density at radius 2 is 1.85 bits per heavy atom. The van der Waals surface area contributed by atoms with E-state index in [4.69, 9.17) is 4.98 Å².